The molecule has 0 spiro atoms. The molecular formula is C16H13N3O4S. The monoisotopic (exact) mass is 343 g/mol. The van der Waals surface area contributed by atoms with Crippen LogP contribution in [0.5, 0.6) is 0 Å². The summed E-state index contributed by atoms with van der Waals surface area (Å²) < 4.78 is 5.03. The zero-order chi connectivity index (χ0) is 17.3. The molecule has 1 aliphatic rings. The zero-order valence-corrected chi connectivity index (χ0v) is 13.7. The van der Waals surface area contributed by atoms with Crippen molar-refractivity contribution in [1.29, 1.82) is 0 Å². The lowest BCUT2D eigenvalue weighted by Crippen LogP contribution is -2.19. The van der Waals surface area contributed by atoms with Gasteiger partial charge in [0, 0.05) is 6.08 Å². The highest BCUT2D eigenvalue weighted by molar-refractivity contribution is 8.18. The number of thioether (sulfide) groups is 1. The van der Waals surface area contributed by atoms with Gasteiger partial charge in [-0.2, -0.15) is 0 Å². The van der Waals surface area contributed by atoms with E-state index in [1.165, 1.54) is 18.2 Å². The number of hydrogen-bond donors (Lipinski definition) is 1. The highest BCUT2D eigenvalue weighted by Gasteiger charge is 2.25. The number of carbonyl (C=O) groups is 1. The minimum Gasteiger partial charge on any atom is -0.401 e. The van der Waals surface area contributed by atoms with Gasteiger partial charge in [0.2, 0.25) is 0 Å². The third-order valence-electron chi connectivity index (χ3n) is 3.29. The molecule has 122 valence electrons. The Labute approximate surface area is 141 Å². The van der Waals surface area contributed by atoms with Crippen LogP contribution in [0.2, 0.25) is 0 Å². The van der Waals surface area contributed by atoms with E-state index in [0.29, 0.717) is 10.1 Å². The summed E-state index contributed by atoms with van der Waals surface area (Å²) in [7, 11) is 0. The molecule has 1 aliphatic heterocycles. The number of rotatable bonds is 3. The third-order valence-corrected chi connectivity index (χ3v) is 4.20. The van der Waals surface area contributed by atoms with Gasteiger partial charge in [-0.15, -0.1) is 0 Å². The Balaban J connectivity index is 1.83. The number of benzene rings is 1. The van der Waals surface area contributed by atoms with Crippen LogP contribution in [-0.2, 0) is 4.79 Å². The van der Waals surface area contributed by atoms with Crippen molar-refractivity contribution in [3.05, 3.63) is 62.2 Å². The second-order valence-corrected chi connectivity index (χ2v) is 6.24. The smallest absolute Gasteiger partial charge is 0.401 e. The van der Waals surface area contributed by atoms with E-state index in [0.717, 1.165) is 28.6 Å². The maximum atomic E-state index is 12.0. The summed E-state index contributed by atoms with van der Waals surface area (Å²) in [6.07, 6.45) is 1.46. The molecule has 0 bridgehead atoms. The molecule has 24 heavy (non-hydrogen) atoms. The summed E-state index contributed by atoms with van der Waals surface area (Å²) >= 11 is 1.16. The molecule has 7 nitrogen and oxygen atoms in total. The van der Waals surface area contributed by atoms with Gasteiger partial charge in [-0.05, 0) is 43.3 Å². The maximum absolute atomic E-state index is 12.0. The number of amides is 1. The molecule has 0 unspecified atom stereocenters. The number of furan rings is 1. The van der Waals surface area contributed by atoms with Gasteiger partial charge in [0.1, 0.15) is 10.7 Å². The molecule has 1 fully saturated rings. The Morgan fingerprint density at radius 3 is 2.75 bits per heavy atom. The largest absolute Gasteiger partial charge is 0.433 e. The molecule has 3 rings (SSSR count). The standard InChI is InChI=1S/C16H13N3O4S/c1-9-3-5-12(10(2)7-9)17-16-18-15(20)13(24-16)8-11-4-6-14(23-11)19(21)22/h3-8H,1-2H3,(H,17,18,20)/b13-8-. The first kappa shape index (κ1) is 16.0. The molecule has 1 aromatic heterocycles. The average Bonchev–Trinajstić information content (AvgIpc) is 3.10. The number of nitro groups is 1. The summed E-state index contributed by atoms with van der Waals surface area (Å²) in [6, 6.07) is 8.54. The van der Waals surface area contributed by atoms with Crippen LogP contribution in [-0.4, -0.2) is 16.0 Å². The second kappa shape index (κ2) is 6.32. The van der Waals surface area contributed by atoms with E-state index in [1.807, 2.05) is 32.0 Å². The Hall–Kier alpha value is -2.87. The Morgan fingerprint density at radius 2 is 2.08 bits per heavy atom. The normalized spacial score (nSPS) is 17.5. The van der Waals surface area contributed by atoms with Crippen molar-refractivity contribution in [2.75, 3.05) is 0 Å². The fraction of sp³-hybridized carbons (Fsp3) is 0.125. The van der Waals surface area contributed by atoms with Gasteiger partial charge in [-0.25, -0.2) is 4.99 Å². The van der Waals surface area contributed by atoms with Gasteiger partial charge < -0.3 is 9.73 Å². The molecule has 8 heteroatoms. The van der Waals surface area contributed by atoms with Crippen molar-refractivity contribution < 1.29 is 14.1 Å². The van der Waals surface area contributed by atoms with Crippen LogP contribution < -0.4 is 5.32 Å². The minimum absolute atomic E-state index is 0.243. The molecule has 0 saturated carbocycles. The number of aryl methyl sites for hydroxylation is 2. The summed E-state index contributed by atoms with van der Waals surface area (Å²) in [4.78, 5) is 26.8. The first-order valence-electron chi connectivity index (χ1n) is 7.03. The molecule has 1 aromatic carbocycles. The van der Waals surface area contributed by atoms with Crippen molar-refractivity contribution in [3.8, 4) is 0 Å². The molecule has 0 aliphatic carbocycles. The van der Waals surface area contributed by atoms with Crippen LogP contribution in [0.25, 0.3) is 6.08 Å². The Kier molecular flexibility index (Phi) is 4.22. The first-order valence-corrected chi connectivity index (χ1v) is 7.85. The van der Waals surface area contributed by atoms with E-state index < -0.39 is 4.92 Å². The molecule has 1 N–H and O–H groups in total. The summed E-state index contributed by atoms with van der Waals surface area (Å²) in [5, 5.41) is 13.7. The fourth-order valence-corrected chi connectivity index (χ4v) is 2.98. The van der Waals surface area contributed by atoms with E-state index in [9.17, 15) is 14.9 Å². The van der Waals surface area contributed by atoms with Crippen LogP contribution in [0.4, 0.5) is 11.6 Å². The van der Waals surface area contributed by atoms with Crippen molar-refractivity contribution in [3.63, 3.8) is 0 Å². The second-order valence-electron chi connectivity index (χ2n) is 5.20. The van der Waals surface area contributed by atoms with Crippen LogP contribution in [0.3, 0.4) is 0 Å². The van der Waals surface area contributed by atoms with Crippen molar-refractivity contribution in [2.24, 2.45) is 4.99 Å². The summed E-state index contributed by atoms with van der Waals surface area (Å²) in [6.45, 7) is 3.95. The predicted octanol–water partition coefficient (Wildman–Crippen LogP) is 3.70. The molecule has 1 amide bonds. The van der Waals surface area contributed by atoms with E-state index in [4.69, 9.17) is 4.42 Å². The van der Waals surface area contributed by atoms with E-state index in [2.05, 4.69) is 10.3 Å². The van der Waals surface area contributed by atoms with Crippen molar-refractivity contribution in [2.45, 2.75) is 13.8 Å². The van der Waals surface area contributed by atoms with Crippen LogP contribution in [0.15, 0.2) is 44.6 Å². The van der Waals surface area contributed by atoms with Gasteiger partial charge >= 0.3 is 5.88 Å². The molecule has 1 saturated heterocycles. The minimum atomic E-state index is -0.628. The lowest BCUT2D eigenvalue weighted by molar-refractivity contribution is -0.402. The van der Waals surface area contributed by atoms with Gasteiger partial charge in [-0.3, -0.25) is 14.9 Å². The summed E-state index contributed by atoms with van der Waals surface area (Å²) in [5.41, 5.74) is 2.93. The highest BCUT2D eigenvalue weighted by Crippen LogP contribution is 2.30. The van der Waals surface area contributed by atoms with Gasteiger partial charge in [-0.1, -0.05) is 17.7 Å². The molecular weight excluding hydrogens is 330 g/mol. The first-order chi connectivity index (χ1) is 11.4. The number of carbonyl (C=O) groups excluding carboxylic acids is 1. The Morgan fingerprint density at radius 1 is 1.29 bits per heavy atom. The van der Waals surface area contributed by atoms with E-state index in [1.54, 1.807) is 0 Å². The number of nitrogens with one attached hydrogen (secondary N) is 1. The quantitative estimate of drug-likeness (QED) is 0.520. The van der Waals surface area contributed by atoms with E-state index in [-0.39, 0.29) is 17.6 Å². The third kappa shape index (κ3) is 3.38. The average molecular weight is 343 g/mol. The number of aliphatic imine (C=N–C) groups is 1. The lowest BCUT2D eigenvalue weighted by Gasteiger charge is -2.02. The fourth-order valence-electron chi connectivity index (χ4n) is 2.17. The molecule has 2 heterocycles. The van der Waals surface area contributed by atoms with Gasteiger partial charge in [0.15, 0.2) is 5.17 Å². The topological polar surface area (TPSA) is 97.7 Å². The van der Waals surface area contributed by atoms with Crippen LogP contribution in [0, 0.1) is 24.0 Å². The predicted molar refractivity (Wildman–Crippen MR) is 92.1 cm³/mol. The Bertz CT molecular complexity index is 898. The zero-order valence-electron chi connectivity index (χ0n) is 12.9. The highest BCUT2D eigenvalue weighted by atomic mass is 32.2. The SMILES string of the molecule is Cc1ccc(N=C2NC(=O)/C(=C/c3ccc([N+](=O)[O-])o3)S2)c(C)c1. The van der Waals surface area contributed by atoms with Crippen molar-refractivity contribution >= 4 is 40.5 Å². The lowest BCUT2D eigenvalue weighted by atomic mass is 10.1. The maximum Gasteiger partial charge on any atom is 0.433 e. The van der Waals surface area contributed by atoms with Gasteiger partial charge in [0.25, 0.3) is 5.91 Å². The van der Waals surface area contributed by atoms with Crippen LogP contribution in [0.1, 0.15) is 16.9 Å². The molecule has 0 radical (unpaired) electrons. The van der Waals surface area contributed by atoms with Gasteiger partial charge in [0.05, 0.1) is 16.7 Å². The summed E-state index contributed by atoms with van der Waals surface area (Å²) in [5.74, 6) is -0.441. The molecule has 2 aromatic rings. The molecule has 0 atom stereocenters. The van der Waals surface area contributed by atoms with E-state index >= 15 is 0 Å². The number of nitrogens with zero attached hydrogens (tertiary/aromatic N) is 2. The van der Waals surface area contributed by atoms with Crippen molar-refractivity contribution in [1.82, 2.24) is 5.32 Å². The van der Waals surface area contributed by atoms with Crippen LogP contribution >= 0.6 is 11.8 Å². The number of amidine groups is 1. The number of hydrogen-bond acceptors (Lipinski definition) is 6.